The lowest BCUT2D eigenvalue weighted by atomic mass is 9.85. The Morgan fingerprint density at radius 2 is 2.38 bits per heavy atom. The maximum absolute atomic E-state index is 11.4. The van der Waals surface area contributed by atoms with Gasteiger partial charge in [-0.15, -0.1) is 0 Å². The summed E-state index contributed by atoms with van der Waals surface area (Å²) >= 11 is 0. The van der Waals surface area contributed by atoms with Crippen LogP contribution in [0.2, 0.25) is 0 Å². The van der Waals surface area contributed by atoms with Crippen molar-refractivity contribution in [3.63, 3.8) is 0 Å². The summed E-state index contributed by atoms with van der Waals surface area (Å²) in [5.41, 5.74) is -0.841. The van der Waals surface area contributed by atoms with Gasteiger partial charge in [-0.3, -0.25) is 9.59 Å². The smallest absolute Gasteiger partial charge is 0.327 e. The Kier molecular flexibility index (Phi) is 2.40. The first-order chi connectivity index (χ1) is 6.03. The molecule has 1 unspecified atom stereocenters. The topological polar surface area (TPSA) is 52.6 Å². The van der Waals surface area contributed by atoms with Crippen LogP contribution in [0.3, 0.4) is 0 Å². The Balaban J connectivity index is 2.90. The second-order valence-electron chi connectivity index (χ2n) is 3.03. The number of hydrogen-bond acceptors (Lipinski definition) is 4. The van der Waals surface area contributed by atoms with Crippen LogP contribution >= 0.6 is 0 Å². The van der Waals surface area contributed by atoms with Crippen molar-refractivity contribution in [3.8, 4) is 0 Å². The van der Waals surface area contributed by atoms with Gasteiger partial charge >= 0.3 is 11.9 Å². The van der Waals surface area contributed by atoms with E-state index in [9.17, 15) is 9.59 Å². The van der Waals surface area contributed by atoms with E-state index in [1.807, 2.05) is 0 Å². The molecule has 1 fully saturated rings. The van der Waals surface area contributed by atoms with Gasteiger partial charge in [-0.2, -0.15) is 0 Å². The number of rotatable bonds is 2. The zero-order chi connectivity index (χ0) is 10.1. The highest BCUT2D eigenvalue weighted by Crippen LogP contribution is 2.34. The molecule has 0 aromatic heterocycles. The minimum absolute atomic E-state index is 0.105. The van der Waals surface area contributed by atoms with Crippen LogP contribution in [0.25, 0.3) is 0 Å². The average molecular weight is 184 g/mol. The first-order valence-electron chi connectivity index (χ1n) is 4.06. The number of cyclic esters (lactones) is 1. The van der Waals surface area contributed by atoms with E-state index in [2.05, 4.69) is 6.58 Å². The minimum Gasteiger partial charge on any atom is -0.465 e. The van der Waals surface area contributed by atoms with Crippen molar-refractivity contribution in [2.45, 2.75) is 13.8 Å². The molecule has 0 spiro atoms. The fourth-order valence-corrected chi connectivity index (χ4v) is 1.09. The van der Waals surface area contributed by atoms with E-state index >= 15 is 0 Å². The van der Waals surface area contributed by atoms with Crippen molar-refractivity contribution >= 4 is 11.9 Å². The minimum atomic E-state index is -1.30. The molecule has 4 heteroatoms. The molecule has 4 nitrogen and oxygen atoms in total. The van der Waals surface area contributed by atoms with Crippen LogP contribution in [0.5, 0.6) is 0 Å². The lowest BCUT2D eigenvalue weighted by molar-refractivity contribution is -0.161. The second kappa shape index (κ2) is 3.20. The summed E-state index contributed by atoms with van der Waals surface area (Å²) in [7, 11) is 0. The number of carbonyl (C=O) groups is 2. The third-order valence-electron chi connectivity index (χ3n) is 2.18. The molecule has 1 heterocycles. The van der Waals surface area contributed by atoms with Crippen LogP contribution in [0.15, 0.2) is 12.2 Å². The van der Waals surface area contributed by atoms with Gasteiger partial charge in [0.25, 0.3) is 0 Å². The van der Waals surface area contributed by atoms with Crippen molar-refractivity contribution < 1.29 is 19.1 Å². The molecule has 0 saturated carbocycles. The fourth-order valence-electron chi connectivity index (χ4n) is 1.09. The second-order valence-corrected chi connectivity index (χ2v) is 3.03. The van der Waals surface area contributed by atoms with Gasteiger partial charge in [-0.05, 0) is 19.4 Å². The lowest BCUT2D eigenvalue weighted by Crippen LogP contribution is -2.35. The van der Waals surface area contributed by atoms with Crippen molar-refractivity contribution in [1.82, 2.24) is 0 Å². The molecule has 0 bridgehead atoms. The highest BCUT2D eigenvalue weighted by Gasteiger charge is 2.51. The highest BCUT2D eigenvalue weighted by molar-refractivity contribution is 6.04. The summed E-state index contributed by atoms with van der Waals surface area (Å²) in [4.78, 5) is 22.6. The predicted molar refractivity (Wildman–Crippen MR) is 44.8 cm³/mol. The van der Waals surface area contributed by atoms with E-state index < -0.39 is 17.4 Å². The molecule has 13 heavy (non-hydrogen) atoms. The molecule has 1 saturated heterocycles. The zero-order valence-electron chi connectivity index (χ0n) is 7.75. The number of esters is 2. The molecule has 0 aliphatic carbocycles. The molecule has 0 aromatic carbocycles. The summed E-state index contributed by atoms with van der Waals surface area (Å²) in [5, 5.41) is 0. The quantitative estimate of drug-likeness (QED) is 0.359. The predicted octanol–water partition coefficient (Wildman–Crippen LogP) is 0.669. The average Bonchev–Trinajstić information content (AvgIpc) is 2.35. The Morgan fingerprint density at radius 1 is 1.77 bits per heavy atom. The monoisotopic (exact) mass is 184 g/mol. The van der Waals surface area contributed by atoms with Gasteiger partial charge in [-0.1, -0.05) is 6.58 Å². The summed E-state index contributed by atoms with van der Waals surface area (Å²) < 4.78 is 9.48. The Labute approximate surface area is 76.5 Å². The molecule has 0 N–H and O–H groups in total. The van der Waals surface area contributed by atoms with Gasteiger partial charge in [-0.25, -0.2) is 0 Å². The largest absolute Gasteiger partial charge is 0.465 e. The molecular formula is C9H12O4. The number of carbonyl (C=O) groups excluding carboxylic acids is 2. The molecule has 0 amide bonds. The van der Waals surface area contributed by atoms with E-state index in [1.54, 1.807) is 6.92 Å². The maximum atomic E-state index is 11.4. The molecule has 1 atom stereocenters. The standard InChI is InChI=1S/C9H12O4/c1-4-12-7(10)9(3)6(2)5-13-8(9)11/h2,4-5H2,1,3H3. The van der Waals surface area contributed by atoms with Crippen LogP contribution in [0.4, 0.5) is 0 Å². The van der Waals surface area contributed by atoms with E-state index in [-0.39, 0.29) is 13.2 Å². The van der Waals surface area contributed by atoms with Crippen LogP contribution in [0.1, 0.15) is 13.8 Å². The maximum Gasteiger partial charge on any atom is 0.327 e. The summed E-state index contributed by atoms with van der Waals surface area (Å²) in [6.07, 6.45) is 0. The van der Waals surface area contributed by atoms with Crippen molar-refractivity contribution in [1.29, 1.82) is 0 Å². The summed E-state index contributed by atoms with van der Waals surface area (Å²) in [6, 6.07) is 0. The van der Waals surface area contributed by atoms with Gasteiger partial charge in [0.15, 0.2) is 5.41 Å². The van der Waals surface area contributed by atoms with Crippen LogP contribution in [-0.2, 0) is 19.1 Å². The first-order valence-corrected chi connectivity index (χ1v) is 4.06. The lowest BCUT2D eigenvalue weighted by Gasteiger charge is -2.17. The highest BCUT2D eigenvalue weighted by atomic mass is 16.6. The van der Waals surface area contributed by atoms with Gasteiger partial charge in [0.05, 0.1) is 6.61 Å². The summed E-state index contributed by atoms with van der Waals surface area (Å²) in [6.45, 7) is 7.12. The third-order valence-corrected chi connectivity index (χ3v) is 2.18. The van der Waals surface area contributed by atoms with E-state index in [4.69, 9.17) is 9.47 Å². The molecule has 1 aliphatic rings. The Hall–Kier alpha value is -1.32. The molecule has 0 aromatic rings. The van der Waals surface area contributed by atoms with Gasteiger partial charge in [0, 0.05) is 0 Å². The van der Waals surface area contributed by atoms with E-state index in [1.165, 1.54) is 6.92 Å². The third kappa shape index (κ3) is 1.32. The number of ether oxygens (including phenoxy) is 2. The van der Waals surface area contributed by atoms with E-state index in [0.717, 1.165) is 0 Å². The molecule has 1 aliphatic heterocycles. The number of hydrogen-bond donors (Lipinski definition) is 0. The molecule has 0 radical (unpaired) electrons. The van der Waals surface area contributed by atoms with Crippen LogP contribution in [-0.4, -0.2) is 25.2 Å². The van der Waals surface area contributed by atoms with Gasteiger partial charge in [0.2, 0.25) is 0 Å². The molecular weight excluding hydrogens is 172 g/mol. The molecule has 72 valence electrons. The normalized spacial score (nSPS) is 27.2. The Morgan fingerprint density at radius 3 is 2.77 bits per heavy atom. The molecule has 1 rings (SSSR count). The van der Waals surface area contributed by atoms with Crippen molar-refractivity contribution in [3.05, 3.63) is 12.2 Å². The Bertz CT molecular complexity index is 251. The van der Waals surface area contributed by atoms with Gasteiger partial charge in [0.1, 0.15) is 6.61 Å². The first kappa shape index (κ1) is 9.77. The van der Waals surface area contributed by atoms with Crippen LogP contribution < -0.4 is 0 Å². The SMILES string of the molecule is C=C1COC(=O)C1(C)C(=O)OCC. The van der Waals surface area contributed by atoms with Crippen LogP contribution in [0, 0.1) is 5.41 Å². The summed E-state index contributed by atoms with van der Waals surface area (Å²) in [5.74, 6) is -1.15. The fraction of sp³-hybridized carbons (Fsp3) is 0.556. The van der Waals surface area contributed by atoms with Gasteiger partial charge < -0.3 is 9.47 Å². The zero-order valence-corrected chi connectivity index (χ0v) is 7.75. The van der Waals surface area contributed by atoms with Crippen molar-refractivity contribution in [2.75, 3.05) is 13.2 Å². The van der Waals surface area contributed by atoms with Crippen molar-refractivity contribution in [2.24, 2.45) is 5.41 Å². The van der Waals surface area contributed by atoms with E-state index in [0.29, 0.717) is 5.57 Å².